The van der Waals surface area contributed by atoms with Gasteiger partial charge >= 0.3 is 5.69 Å². The summed E-state index contributed by atoms with van der Waals surface area (Å²) in [6, 6.07) is 12.9. The Morgan fingerprint density at radius 2 is 2.00 bits per heavy atom. The number of furan rings is 1. The van der Waals surface area contributed by atoms with Gasteiger partial charge in [0, 0.05) is 24.4 Å². The molecule has 3 heterocycles. The molecule has 3 aromatic heterocycles. The first-order chi connectivity index (χ1) is 17.0. The number of rotatable bonds is 9. The first-order valence-corrected chi connectivity index (χ1v) is 11.2. The van der Waals surface area contributed by atoms with Crippen LogP contribution in [0.3, 0.4) is 0 Å². The first-order valence-electron chi connectivity index (χ1n) is 11.2. The van der Waals surface area contributed by atoms with Crippen LogP contribution in [0.2, 0.25) is 0 Å². The molecule has 3 N–H and O–H groups in total. The van der Waals surface area contributed by atoms with Crippen molar-refractivity contribution >= 4 is 23.5 Å². The largest absolute Gasteiger partial charge is 0.467 e. The van der Waals surface area contributed by atoms with Gasteiger partial charge in [0.05, 0.1) is 24.7 Å². The fourth-order valence-electron chi connectivity index (χ4n) is 3.60. The van der Waals surface area contributed by atoms with Crippen LogP contribution in [0.25, 0.3) is 11.8 Å². The monoisotopic (exact) mass is 474 g/mol. The van der Waals surface area contributed by atoms with E-state index in [1.807, 2.05) is 37.3 Å². The van der Waals surface area contributed by atoms with Gasteiger partial charge in [-0.3, -0.25) is 24.0 Å². The molecule has 0 saturated carbocycles. The summed E-state index contributed by atoms with van der Waals surface area (Å²) in [7, 11) is 0. The molecule has 0 unspecified atom stereocenters. The van der Waals surface area contributed by atoms with Crippen LogP contribution in [0.5, 0.6) is 0 Å². The fourth-order valence-corrected chi connectivity index (χ4v) is 3.60. The van der Waals surface area contributed by atoms with Crippen LogP contribution in [-0.4, -0.2) is 25.2 Å². The average Bonchev–Trinajstić information content (AvgIpc) is 3.54. The Labute approximate surface area is 200 Å². The van der Waals surface area contributed by atoms with E-state index in [1.165, 1.54) is 21.8 Å². The summed E-state index contributed by atoms with van der Waals surface area (Å²) in [5.74, 6) is -0.127. The Hall–Kier alpha value is -4.60. The highest BCUT2D eigenvalue weighted by atomic mass is 16.3. The van der Waals surface area contributed by atoms with Crippen molar-refractivity contribution < 1.29 is 9.21 Å². The van der Waals surface area contributed by atoms with Crippen LogP contribution in [0.1, 0.15) is 31.1 Å². The van der Waals surface area contributed by atoms with Gasteiger partial charge in [0.1, 0.15) is 11.6 Å². The summed E-state index contributed by atoms with van der Waals surface area (Å²) in [5.41, 5.74) is 6.36. The Morgan fingerprint density at radius 3 is 2.71 bits per heavy atom. The number of nitrogens with zero attached hydrogens (tertiary/aromatic N) is 4. The van der Waals surface area contributed by atoms with Crippen LogP contribution in [-0.2, 0) is 17.9 Å². The molecule has 10 nitrogen and oxygen atoms in total. The molecule has 0 aliphatic rings. The maximum Gasteiger partial charge on any atom is 0.330 e. The maximum absolute atomic E-state index is 13.3. The minimum atomic E-state index is -0.745. The summed E-state index contributed by atoms with van der Waals surface area (Å²) in [6.45, 7) is 2.26. The summed E-state index contributed by atoms with van der Waals surface area (Å²) >= 11 is 0. The van der Waals surface area contributed by atoms with Crippen LogP contribution >= 0.6 is 0 Å². The molecule has 35 heavy (non-hydrogen) atoms. The SMILES string of the molecule is CCCCn1c(N)c(N(Cc2ccco2)C(=O)/C=C/c2cnn(-c3ccccc3)c2)c(=O)[nH]c1=O. The second-order valence-electron chi connectivity index (χ2n) is 7.89. The number of aromatic amines is 1. The molecule has 0 fully saturated rings. The van der Waals surface area contributed by atoms with E-state index in [4.69, 9.17) is 10.2 Å². The van der Waals surface area contributed by atoms with Crippen LogP contribution < -0.4 is 21.9 Å². The van der Waals surface area contributed by atoms with E-state index >= 15 is 0 Å². The van der Waals surface area contributed by atoms with Crippen LogP contribution in [0.4, 0.5) is 11.5 Å². The standard InChI is InChI=1S/C25H26N6O4/c1-2-3-13-29-23(26)22(24(33)28-25(29)34)30(17-20-10-7-14-35-20)21(32)12-11-18-15-27-31(16-18)19-8-5-4-6-9-19/h4-12,14-16H,2-3,13,17,26H2,1H3,(H,28,33,34)/b12-11+. The smallest absolute Gasteiger partial charge is 0.330 e. The molecular formula is C25H26N6O4. The third-order valence-corrected chi connectivity index (χ3v) is 5.42. The van der Waals surface area contributed by atoms with E-state index in [0.29, 0.717) is 24.3 Å². The highest BCUT2D eigenvalue weighted by Gasteiger charge is 2.24. The highest BCUT2D eigenvalue weighted by Crippen LogP contribution is 2.21. The van der Waals surface area contributed by atoms with Gasteiger partial charge in [0.2, 0.25) is 0 Å². The normalized spacial score (nSPS) is 11.2. The van der Waals surface area contributed by atoms with Gasteiger partial charge in [-0.25, -0.2) is 9.48 Å². The molecule has 4 rings (SSSR count). The highest BCUT2D eigenvalue weighted by molar-refractivity contribution is 6.04. The van der Waals surface area contributed by atoms with E-state index in [2.05, 4.69) is 10.1 Å². The zero-order valence-corrected chi connectivity index (χ0v) is 19.3. The number of anilines is 2. The Kier molecular flexibility index (Phi) is 7.10. The number of nitrogens with two attached hydrogens (primary N) is 1. The number of H-pyrrole nitrogens is 1. The van der Waals surface area contributed by atoms with Gasteiger partial charge in [-0.2, -0.15) is 5.10 Å². The fraction of sp³-hybridized carbons (Fsp3) is 0.200. The Morgan fingerprint density at radius 1 is 1.20 bits per heavy atom. The number of amides is 1. The van der Waals surface area contributed by atoms with Crippen molar-refractivity contribution in [2.24, 2.45) is 0 Å². The van der Waals surface area contributed by atoms with Crippen molar-refractivity contribution in [2.75, 3.05) is 10.6 Å². The summed E-state index contributed by atoms with van der Waals surface area (Å²) in [6.07, 6.45) is 9.32. The number of nitrogens with one attached hydrogen (secondary N) is 1. The number of hydrogen-bond acceptors (Lipinski definition) is 6. The van der Waals surface area contributed by atoms with Gasteiger partial charge in [-0.15, -0.1) is 0 Å². The zero-order chi connectivity index (χ0) is 24.8. The predicted molar refractivity (Wildman–Crippen MR) is 133 cm³/mol. The molecule has 4 aromatic rings. The van der Waals surface area contributed by atoms with Gasteiger partial charge in [-0.05, 0) is 36.8 Å². The summed E-state index contributed by atoms with van der Waals surface area (Å²) in [4.78, 5) is 41.9. The summed E-state index contributed by atoms with van der Waals surface area (Å²) < 4.78 is 8.36. The van der Waals surface area contributed by atoms with Gasteiger partial charge < -0.3 is 10.2 Å². The molecule has 1 amide bonds. The lowest BCUT2D eigenvalue weighted by Gasteiger charge is -2.22. The second kappa shape index (κ2) is 10.6. The third kappa shape index (κ3) is 5.32. The van der Waals surface area contributed by atoms with E-state index < -0.39 is 17.2 Å². The molecule has 0 radical (unpaired) electrons. The molecule has 0 aliphatic carbocycles. The van der Waals surface area contributed by atoms with Crippen LogP contribution in [0.15, 0.2) is 81.2 Å². The van der Waals surface area contributed by atoms with E-state index in [0.717, 1.165) is 12.1 Å². The summed E-state index contributed by atoms with van der Waals surface area (Å²) in [5, 5.41) is 4.32. The Balaban J connectivity index is 1.67. The quantitative estimate of drug-likeness (QED) is 0.359. The van der Waals surface area contributed by atoms with Crippen molar-refractivity contribution in [1.29, 1.82) is 0 Å². The molecule has 0 atom stereocenters. The molecule has 0 bridgehead atoms. The minimum absolute atomic E-state index is 0.0429. The number of para-hydroxylation sites is 1. The van der Waals surface area contributed by atoms with Crippen molar-refractivity contribution in [3.63, 3.8) is 0 Å². The molecule has 0 spiro atoms. The Bertz CT molecular complexity index is 1430. The van der Waals surface area contributed by atoms with E-state index in [-0.39, 0.29) is 18.1 Å². The first kappa shape index (κ1) is 23.6. The second-order valence-corrected chi connectivity index (χ2v) is 7.89. The molecule has 0 saturated heterocycles. The van der Waals surface area contributed by atoms with Crippen molar-refractivity contribution in [3.8, 4) is 5.69 Å². The topological polar surface area (TPSA) is 132 Å². The number of nitrogen functional groups attached to an aromatic ring is 1. The number of carbonyl (C=O) groups excluding carboxylic acids is 1. The number of hydrogen-bond donors (Lipinski definition) is 2. The maximum atomic E-state index is 13.3. The molecule has 0 aliphatic heterocycles. The zero-order valence-electron chi connectivity index (χ0n) is 19.3. The van der Waals surface area contributed by atoms with Crippen molar-refractivity contribution in [2.45, 2.75) is 32.9 Å². The number of unbranched alkanes of at least 4 members (excludes halogenated alkanes) is 1. The molecular weight excluding hydrogens is 448 g/mol. The van der Waals surface area contributed by atoms with Gasteiger partial charge in [0.25, 0.3) is 11.5 Å². The lowest BCUT2D eigenvalue weighted by atomic mass is 10.2. The number of carbonyl (C=O) groups is 1. The molecule has 10 heteroatoms. The number of benzene rings is 1. The lowest BCUT2D eigenvalue weighted by Crippen LogP contribution is -2.40. The van der Waals surface area contributed by atoms with E-state index in [9.17, 15) is 14.4 Å². The average molecular weight is 475 g/mol. The third-order valence-electron chi connectivity index (χ3n) is 5.42. The van der Waals surface area contributed by atoms with Gasteiger partial charge in [-0.1, -0.05) is 31.5 Å². The predicted octanol–water partition coefficient (Wildman–Crippen LogP) is 2.94. The number of aromatic nitrogens is 4. The van der Waals surface area contributed by atoms with Crippen LogP contribution in [0, 0.1) is 0 Å². The molecule has 1 aromatic carbocycles. The van der Waals surface area contributed by atoms with E-state index in [1.54, 1.807) is 35.3 Å². The lowest BCUT2D eigenvalue weighted by molar-refractivity contribution is -0.114. The van der Waals surface area contributed by atoms with Crippen molar-refractivity contribution in [1.82, 2.24) is 19.3 Å². The van der Waals surface area contributed by atoms with Gasteiger partial charge in [0.15, 0.2) is 5.69 Å². The molecule has 180 valence electrons. The minimum Gasteiger partial charge on any atom is -0.467 e. The van der Waals surface area contributed by atoms with Crippen molar-refractivity contribution in [3.05, 3.63) is 99.4 Å².